The van der Waals surface area contributed by atoms with E-state index in [9.17, 15) is 5.11 Å². The zero-order chi connectivity index (χ0) is 14.4. The van der Waals surface area contributed by atoms with E-state index in [1.165, 1.54) is 29.5 Å². The molecule has 0 saturated carbocycles. The molecule has 1 aromatic rings. The molecule has 1 heteroatoms. The van der Waals surface area contributed by atoms with Crippen molar-refractivity contribution in [3.05, 3.63) is 41.0 Å². The second-order valence-corrected chi connectivity index (χ2v) is 7.24. The van der Waals surface area contributed by atoms with Crippen LogP contribution in [0, 0.1) is 6.92 Å². The second-order valence-electron chi connectivity index (χ2n) is 7.24. The van der Waals surface area contributed by atoms with Gasteiger partial charge in [0.15, 0.2) is 0 Å². The summed E-state index contributed by atoms with van der Waals surface area (Å²) >= 11 is 0. The summed E-state index contributed by atoms with van der Waals surface area (Å²) in [7, 11) is 0. The molecule has 0 atom stereocenters. The minimum Gasteiger partial charge on any atom is -0.392 e. The van der Waals surface area contributed by atoms with Gasteiger partial charge in [-0.15, -0.1) is 0 Å². The van der Waals surface area contributed by atoms with Crippen molar-refractivity contribution in [2.45, 2.75) is 58.3 Å². The Morgan fingerprint density at radius 1 is 1.11 bits per heavy atom. The molecule has 1 N–H and O–H groups in total. The van der Waals surface area contributed by atoms with Crippen LogP contribution in [0.1, 0.15) is 62.8 Å². The van der Waals surface area contributed by atoms with Gasteiger partial charge >= 0.3 is 0 Å². The third kappa shape index (κ3) is 2.36. The lowest BCUT2D eigenvalue weighted by atomic mass is 9.62. The average Bonchev–Trinajstić information content (AvgIpc) is 2.34. The van der Waals surface area contributed by atoms with Gasteiger partial charge in [-0.3, -0.25) is 0 Å². The van der Waals surface area contributed by atoms with Crippen LogP contribution in [-0.2, 0) is 10.8 Å². The Hall–Kier alpha value is -1.08. The fraction of sp³-hybridized carbons (Fsp3) is 0.556. The quantitative estimate of drug-likeness (QED) is 0.836. The van der Waals surface area contributed by atoms with Crippen LogP contribution in [0.2, 0.25) is 0 Å². The predicted molar refractivity (Wildman–Crippen MR) is 82.6 cm³/mol. The summed E-state index contributed by atoms with van der Waals surface area (Å²) in [5, 5.41) is 9.35. The zero-order valence-corrected chi connectivity index (χ0v) is 12.9. The Morgan fingerprint density at radius 2 is 1.58 bits per heavy atom. The molecule has 0 spiro atoms. The van der Waals surface area contributed by atoms with E-state index in [1.807, 2.05) is 0 Å². The number of aryl methyl sites for hydroxylation is 1. The largest absolute Gasteiger partial charge is 0.392 e. The molecule has 19 heavy (non-hydrogen) atoms. The van der Waals surface area contributed by atoms with Gasteiger partial charge in [0, 0.05) is 0 Å². The number of hydrogen-bond donors (Lipinski definition) is 1. The number of hydrogen-bond acceptors (Lipinski definition) is 1. The third-order valence-electron chi connectivity index (χ3n) is 4.77. The summed E-state index contributed by atoms with van der Waals surface area (Å²) in [5.74, 6) is 0. The van der Waals surface area contributed by atoms with Gasteiger partial charge in [0.25, 0.3) is 0 Å². The van der Waals surface area contributed by atoms with E-state index >= 15 is 0 Å². The normalized spacial score (nSPS) is 19.9. The van der Waals surface area contributed by atoms with Gasteiger partial charge in [0.1, 0.15) is 0 Å². The summed E-state index contributed by atoms with van der Waals surface area (Å²) < 4.78 is 0. The van der Waals surface area contributed by atoms with Gasteiger partial charge in [0.05, 0.1) is 6.61 Å². The summed E-state index contributed by atoms with van der Waals surface area (Å²) in [6, 6.07) is 4.58. The summed E-state index contributed by atoms with van der Waals surface area (Å²) in [6.07, 6.45) is 2.44. The summed E-state index contributed by atoms with van der Waals surface area (Å²) in [5.41, 5.74) is 6.52. The van der Waals surface area contributed by atoms with Crippen LogP contribution in [0.3, 0.4) is 0 Å². The molecule has 0 amide bonds. The number of aliphatic hydroxyl groups excluding tert-OH is 1. The highest BCUT2D eigenvalue weighted by Gasteiger charge is 2.37. The molecule has 0 heterocycles. The standard InChI is InChI=1S/C18H26O/c1-12-9-15-16(10-14(12)13(2)11-19)18(5,6)8-7-17(15,3)4/h9-10,19H,2,7-8,11H2,1,3-6H3. The Balaban J connectivity index is 2.68. The van der Waals surface area contributed by atoms with Crippen molar-refractivity contribution in [1.29, 1.82) is 0 Å². The van der Waals surface area contributed by atoms with Gasteiger partial charge < -0.3 is 5.11 Å². The van der Waals surface area contributed by atoms with E-state index in [0.29, 0.717) is 0 Å². The Morgan fingerprint density at radius 3 is 2.05 bits per heavy atom. The molecular formula is C18H26O. The molecule has 0 unspecified atom stereocenters. The molecule has 1 aromatic carbocycles. The molecular weight excluding hydrogens is 232 g/mol. The van der Waals surface area contributed by atoms with Crippen LogP contribution in [0.15, 0.2) is 18.7 Å². The fourth-order valence-electron chi connectivity index (χ4n) is 3.19. The summed E-state index contributed by atoms with van der Waals surface area (Å²) in [4.78, 5) is 0. The van der Waals surface area contributed by atoms with E-state index in [2.05, 4.69) is 53.3 Å². The lowest BCUT2D eigenvalue weighted by Crippen LogP contribution is -2.34. The zero-order valence-electron chi connectivity index (χ0n) is 12.9. The first-order valence-corrected chi connectivity index (χ1v) is 7.14. The van der Waals surface area contributed by atoms with E-state index < -0.39 is 0 Å². The second kappa shape index (κ2) is 4.49. The molecule has 104 valence electrons. The first-order valence-electron chi connectivity index (χ1n) is 7.14. The lowest BCUT2D eigenvalue weighted by molar-refractivity contribution is 0.331. The minimum absolute atomic E-state index is 0.0312. The first kappa shape index (κ1) is 14.3. The van der Waals surface area contributed by atoms with Gasteiger partial charge in [-0.1, -0.05) is 46.4 Å². The van der Waals surface area contributed by atoms with E-state index in [1.54, 1.807) is 0 Å². The topological polar surface area (TPSA) is 20.2 Å². The smallest absolute Gasteiger partial charge is 0.0682 e. The monoisotopic (exact) mass is 258 g/mol. The molecule has 1 nitrogen and oxygen atoms in total. The van der Waals surface area contributed by atoms with Gasteiger partial charge in [-0.2, -0.15) is 0 Å². The number of rotatable bonds is 2. The third-order valence-corrected chi connectivity index (χ3v) is 4.77. The van der Waals surface area contributed by atoms with Gasteiger partial charge in [-0.05, 0) is 58.4 Å². The van der Waals surface area contributed by atoms with Crippen LogP contribution in [0.4, 0.5) is 0 Å². The molecule has 0 saturated heterocycles. The van der Waals surface area contributed by atoms with Crippen molar-refractivity contribution < 1.29 is 5.11 Å². The molecule has 0 fully saturated rings. The van der Waals surface area contributed by atoms with Crippen molar-refractivity contribution in [2.75, 3.05) is 6.61 Å². The van der Waals surface area contributed by atoms with Crippen molar-refractivity contribution in [1.82, 2.24) is 0 Å². The van der Waals surface area contributed by atoms with E-state index in [4.69, 9.17) is 0 Å². The van der Waals surface area contributed by atoms with Gasteiger partial charge in [0.2, 0.25) is 0 Å². The molecule has 0 aliphatic heterocycles. The number of aliphatic hydroxyl groups is 1. The fourth-order valence-corrected chi connectivity index (χ4v) is 3.19. The molecule has 0 aromatic heterocycles. The summed E-state index contributed by atoms with van der Waals surface area (Å²) in [6.45, 7) is 15.4. The maximum atomic E-state index is 9.35. The highest BCUT2D eigenvalue weighted by atomic mass is 16.3. The Bertz CT molecular complexity index is 521. The molecule has 0 radical (unpaired) electrons. The van der Waals surface area contributed by atoms with Crippen molar-refractivity contribution in [3.63, 3.8) is 0 Å². The maximum absolute atomic E-state index is 9.35. The van der Waals surface area contributed by atoms with Crippen LogP contribution < -0.4 is 0 Å². The Kier molecular flexibility index (Phi) is 3.38. The molecule has 2 rings (SSSR count). The minimum atomic E-state index is 0.0312. The maximum Gasteiger partial charge on any atom is 0.0682 e. The molecule has 0 bridgehead atoms. The van der Waals surface area contributed by atoms with Crippen molar-refractivity contribution in [3.8, 4) is 0 Å². The van der Waals surface area contributed by atoms with E-state index in [0.717, 1.165) is 11.1 Å². The highest BCUT2D eigenvalue weighted by molar-refractivity contribution is 5.69. The van der Waals surface area contributed by atoms with Gasteiger partial charge in [-0.25, -0.2) is 0 Å². The van der Waals surface area contributed by atoms with Crippen LogP contribution in [-0.4, -0.2) is 11.7 Å². The van der Waals surface area contributed by atoms with Crippen LogP contribution in [0.5, 0.6) is 0 Å². The average molecular weight is 258 g/mol. The number of benzene rings is 1. The van der Waals surface area contributed by atoms with Crippen LogP contribution >= 0.6 is 0 Å². The predicted octanol–water partition coefficient (Wildman–Crippen LogP) is 4.35. The lowest BCUT2D eigenvalue weighted by Gasteiger charge is -2.42. The SMILES string of the molecule is C=C(CO)c1cc2c(cc1C)C(C)(C)CCC2(C)C. The highest BCUT2D eigenvalue weighted by Crippen LogP contribution is 2.46. The van der Waals surface area contributed by atoms with Crippen molar-refractivity contribution >= 4 is 5.57 Å². The van der Waals surface area contributed by atoms with Crippen LogP contribution in [0.25, 0.3) is 5.57 Å². The molecule has 1 aliphatic carbocycles. The Labute approximate surface area is 117 Å². The molecule has 1 aliphatic rings. The van der Waals surface area contributed by atoms with Crippen molar-refractivity contribution in [2.24, 2.45) is 0 Å². The van der Waals surface area contributed by atoms with E-state index in [-0.39, 0.29) is 17.4 Å². The number of fused-ring (bicyclic) bond motifs is 1. The first-order chi connectivity index (χ1) is 8.69.